The first-order valence-electron chi connectivity index (χ1n) is 8.41. The van der Waals surface area contributed by atoms with Gasteiger partial charge in [-0.2, -0.15) is 0 Å². The van der Waals surface area contributed by atoms with Crippen molar-refractivity contribution in [3.63, 3.8) is 0 Å². The van der Waals surface area contributed by atoms with E-state index in [0.717, 1.165) is 43.5 Å². The van der Waals surface area contributed by atoms with Crippen molar-refractivity contribution in [3.05, 3.63) is 29.8 Å². The van der Waals surface area contributed by atoms with Gasteiger partial charge in [0.05, 0.1) is 13.5 Å². The van der Waals surface area contributed by atoms with Gasteiger partial charge in [0.25, 0.3) is 0 Å². The van der Waals surface area contributed by atoms with E-state index >= 15 is 0 Å². The molecule has 0 radical (unpaired) electrons. The first-order valence-corrected chi connectivity index (χ1v) is 8.41. The molecule has 1 aromatic carbocycles. The Hall–Kier alpha value is -1.55. The molecule has 120 valence electrons. The fourth-order valence-corrected chi connectivity index (χ4v) is 3.64. The lowest BCUT2D eigenvalue weighted by molar-refractivity contribution is -0.132. The second-order valence-electron chi connectivity index (χ2n) is 6.38. The molecule has 0 atom stereocenters. The maximum absolute atomic E-state index is 12.4. The quantitative estimate of drug-likeness (QED) is 0.856. The highest BCUT2D eigenvalue weighted by Gasteiger charge is 2.27. The third kappa shape index (κ3) is 3.61. The van der Waals surface area contributed by atoms with Crippen molar-refractivity contribution >= 4 is 5.91 Å². The van der Waals surface area contributed by atoms with Crippen LogP contribution in [0.5, 0.6) is 5.75 Å². The Morgan fingerprint density at radius 3 is 2.32 bits per heavy atom. The molecule has 0 spiro atoms. The van der Waals surface area contributed by atoms with Gasteiger partial charge in [0.15, 0.2) is 0 Å². The molecule has 1 saturated heterocycles. The predicted octanol–water partition coefficient (Wildman–Crippen LogP) is 2.32. The summed E-state index contributed by atoms with van der Waals surface area (Å²) in [5, 5.41) is 0. The summed E-state index contributed by atoms with van der Waals surface area (Å²) < 4.78 is 5.15. The summed E-state index contributed by atoms with van der Waals surface area (Å²) in [6, 6.07) is 8.57. The van der Waals surface area contributed by atoms with E-state index in [1.807, 2.05) is 29.2 Å². The van der Waals surface area contributed by atoms with Crippen molar-refractivity contribution in [1.29, 1.82) is 0 Å². The Morgan fingerprint density at radius 2 is 1.73 bits per heavy atom. The smallest absolute Gasteiger partial charge is 0.227 e. The number of ether oxygens (including phenoxy) is 1. The van der Waals surface area contributed by atoms with E-state index in [1.54, 1.807) is 7.11 Å². The molecule has 3 rings (SSSR count). The van der Waals surface area contributed by atoms with Crippen LogP contribution < -0.4 is 4.74 Å². The largest absolute Gasteiger partial charge is 0.497 e. The first kappa shape index (κ1) is 15.3. The topological polar surface area (TPSA) is 32.8 Å². The maximum atomic E-state index is 12.4. The molecule has 0 bridgehead atoms. The molecule has 1 aliphatic carbocycles. The zero-order valence-electron chi connectivity index (χ0n) is 13.5. The molecule has 0 unspecified atom stereocenters. The standard InChI is InChI=1S/C18H26N2O2/c1-22-17-8-6-15(7-9-17)14-18(21)20-12-10-19(11-13-20)16-4-2-3-5-16/h6-9,16H,2-5,10-14H2,1H3. The molecule has 0 aromatic heterocycles. The lowest BCUT2D eigenvalue weighted by Crippen LogP contribution is -2.51. The molecular formula is C18H26N2O2. The number of nitrogens with zero attached hydrogens (tertiary/aromatic N) is 2. The highest BCUT2D eigenvalue weighted by molar-refractivity contribution is 5.78. The van der Waals surface area contributed by atoms with E-state index in [9.17, 15) is 4.79 Å². The van der Waals surface area contributed by atoms with Crippen LogP contribution in [0.15, 0.2) is 24.3 Å². The summed E-state index contributed by atoms with van der Waals surface area (Å²) >= 11 is 0. The molecule has 1 heterocycles. The number of amides is 1. The van der Waals surface area contributed by atoms with Gasteiger partial charge >= 0.3 is 0 Å². The SMILES string of the molecule is COc1ccc(CC(=O)N2CCN(C3CCCC3)CC2)cc1. The van der Waals surface area contributed by atoms with Gasteiger partial charge in [-0.1, -0.05) is 25.0 Å². The van der Waals surface area contributed by atoms with Crippen LogP contribution in [0, 0.1) is 0 Å². The molecule has 0 N–H and O–H groups in total. The molecule has 22 heavy (non-hydrogen) atoms. The van der Waals surface area contributed by atoms with Crippen LogP contribution in [-0.2, 0) is 11.2 Å². The number of hydrogen-bond acceptors (Lipinski definition) is 3. The van der Waals surface area contributed by atoms with Crippen molar-refractivity contribution in [2.45, 2.75) is 38.1 Å². The van der Waals surface area contributed by atoms with Gasteiger partial charge in [-0.3, -0.25) is 9.69 Å². The average molecular weight is 302 g/mol. The molecule has 1 saturated carbocycles. The fraction of sp³-hybridized carbons (Fsp3) is 0.611. The van der Waals surface area contributed by atoms with Crippen LogP contribution in [0.2, 0.25) is 0 Å². The number of carbonyl (C=O) groups is 1. The van der Waals surface area contributed by atoms with E-state index in [-0.39, 0.29) is 5.91 Å². The van der Waals surface area contributed by atoms with Crippen molar-refractivity contribution in [1.82, 2.24) is 9.80 Å². The number of carbonyl (C=O) groups excluding carboxylic acids is 1. The van der Waals surface area contributed by atoms with E-state index in [4.69, 9.17) is 4.74 Å². The molecular weight excluding hydrogens is 276 g/mol. The van der Waals surface area contributed by atoms with Gasteiger partial charge in [-0.05, 0) is 30.5 Å². The molecule has 2 fully saturated rings. The van der Waals surface area contributed by atoms with E-state index < -0.39 is 0 Å². The number of rotatable bonds is 4. The van der Waals surface area contributed by atoms with Crippen LogP contribution in [0.25, 0.3) is 0 Å². The summed E-state index contributed by atoms with van der Waals surface area (Å²) in [6.45, 7) is 3.84. The summed E-state index contributed by atoms with van der Waals surface area (Å²) in [7, 11) is 1.66. The summed E-state index contributed by atoms with van der Waals surface area (Å²) in [4.78, 5) is 17.0. The van der Waals surface area contributed by atoms with Gasteiger partial charge in [0, 0.05) is 32.2 Å². The van der Waals surface area contributed by atoms with Crippen molar-refractivity contribution < 1.29 is 9.53 Å². The molecule has 1 amide bonds. The normalized spacial score (nSPS) is 20.3. The van der Waals surface area contributed by atoms with Crippen molar-refractivity contribution in [3.8, 4) is 5.75 Å². The fourth-order valence-electron chi connectivity index (χ4n) is 3.64. The van der Waals surface area contributed by atoms with Crippen LogP contribution in [0.1, 0.15) is 31.2 Å². The molecule has 2 aliphatic rings. The lowest BCUT2D eigenvalue weighted by Gasteiger charge is -2.38. The average Bonchev–Trinajstić information content (AvgIpc) is 3.10. The lowest BCUT2D eigenvalue weighted by atomic mass is 10.1. The highest BCUT2D eigenvalue weighted by atomic mass is 16.5. The summed E-state index contributed by atoms with van der Waals surface area (Å²) in [5.74, 6) is 1.08. The van der Waals surface area contributed by atoms with E-state index in [0.29, 0.717) is 6.42 Å². The van der Waals surface area contributed by atoms with Crippen molar-refractivity contribution in [2.24, 2.45) is 0 Å². The minimum atomic E-state index is 0.247. The minimum absolute atomic E-state index is 0.247. The second kappa shape index (κ2) is 7.14. The molecule has 4 nitrogen and oxygen atoms in total. The molecule has 1 aliphatic heterocycles. The van der Waals surface area contributed by atoms with Crippen LogP contribution in [-0.4, -0.2) is 55.0 Å². The third-order valence-corrected chi connectivity index (χ3v) is 5.02. The summed E-state index contributed by atoms with van der Waals surface area (Å²) in [6.07, 6.45) is 5.94. The number of hydrogen-bond donors (Lipinski definition) is 0. The van der Waals surface area contributed by atoms with E-state index in [2.05, 4.69) is 4.90 Å². The zero-order valence-corrected chi connectivity index (χ0v) is 13.5. The highest BCUT2D eigenvalue weighted by Crippen LogP contribution is 2.24. The second-order valence-corrected chi connectivity index (χ2v) is 6.38. The Balaban J connectivity index is 1.48. The maximum Gasteiger partial charge on any atom is 0.227 e. The summed E-state index contributed by atoms with van der Waals surface area (Å²) in [5.41, 5.74) is 1.06. The number of piperazine rings is 1. The number of benzene rings is 1. The predicted molar refractivity (Wildman–Crippen MR) is 87.1 cm³/mol. The molecule has 4 heteroatoms. The molecule has 1 aromatic rings. The minimum Gasteiger partial charge on any atom is -0.497 e. The Bertz CT molecular complexity index is 486. The number of methoxy groups -OCH3 is 1. The third-order valence-electron chi connectivity index (χ3n) is 5.02. The Morgan fingerprint density at radius 1 is 1.09 bits per heavy atom. The van der Waals surface area contributed by atoms with Gasteiger partial charge in [-0.15, -0.1) is 0 Å². The van der Waals surface area contributed by atoms with Gasteiger partial charge < -0.3 is 9.64 Å². The monoisotopic (exact) mass is 302 g/mol. The van der Waals surface area contributed by atoms with Crippen molar-refractivity contribution in [2.75, 3.05) is 33.3 Å². The van der Waals surface area contributed by atoms with Gasteiger partial charge in [0.2, 0.25) is 5.91 Å². The first-order chi connectivity index (χ1) is 10.8. The van der Waals surface area contributed by atoms with Crippen LogP contribution in [0.3, 0.4) is 0 Å². The Labute approximate surface area is 133 Å². The van der Waals surface area contributed by atoms with Gasteiger partial charge in [-0.25, -0.2) is 0 Å². The van der Waals surface area contributed by atoms with E-state index in [1.165, 1.54) is 25.7 Å². The van der Waals surface area contributed by atoms with Crippen LogP contribution in [0.4, 0.5) is 0 Å². The Kier molecular flexibility index (Phi) is 4.98. The zero-order chi connectivity index (χ0) is 15.4. The van der Waals surface area contributed by atoms with Gasteiger partial charge in [0.1, 0.15) is 5.75 Å². The van der Waals surface area contributed by atoms with Crippen LogP contribution >= 0.6 is 0 Å².